The number of allylic oxidation sites excluding steroid dienone is 3. The van der Waals surface area contributed by atoms with Crippen LogP contribution in [0.4, 0.5) is 4.79 Å². The first-order chi connectivity index (χ1) is 11.4. The number of carbonyl (C=O) groups excluding carboxylic acids is 2. The predicted octanol–water partition coefficient (Wildman–Crippen LogP) is 2.42. The van der Waals surface area contributed by atoms with Gasteiger partial charge in [0.15, 0.2) is 0 Å². The minimum Gasteiger partial charge on any atom is -0.461 e. The molecule has 0 saturated carbocycles. The molecule has 1 saturated heterocycles. The van der Waals surface area contributed by atoms with Crippen molar-refractivity contribution in [1.29, 1.82) is 0 Å². The van der Waals surface area contributed by atoms with Crippen molar-refractivity contribution in [2.24, 2.45) is 11.8 Å². The van der Waals surface area contributed by atoms with Gasteiger partial charge in [-0.15, -0.1) is 0 Å². The van der Waals surface area contributed by atoms with Gasteiger partial charge in [-0.3, -0.25) is 4.79 Å². The molecule has 0 spiro atoms. The Hall–Kier alpha value is -1.82. The number of hydrogen-bond donors (Lipinski definition) is 0. The number of likely N-dealkylation sites (N-methyl/N-ethyl adjacent to an activating group) is 1. The summed E-state index contributed by atoms with van der Waals surface area (Å²) in [5, 5.41) is 0. The highest BCUT2D eigenvalue weighted by molar-refractivity contribution is 5.71. The van der Waals surface area contributed by atoms with Gasteiger partial charge < -0.3 is 19.3 Å². The van der Waals surface area contributed by atoms with Crippen molar-refractivity contribution < 1.29 is 19.1 Å². The van der Waals surface area contributed by atoms with Crippen molar-refractivity contribution in [3.63, 3.8) is 0 Å². The molecule has 0 N–H and O–H groups in total. The minimum absolute atomic E-state index is 0.125. The molecule has 0 bridgehead atoms. The quantitative estimate of drug-likeness (QED) is 0.738. The number of nitrogens with zero attached hydrogens (tertiary/aromatic N) is 2. The average Bonchev–Trinajstić information content (AvgIpc) is 2.54. The number of hydrogen-bond acceptors (Lipinski definition) is 5. The Morgan fingerprint density at radius 1 is 1.21 bits per heavy atom. The van der Waals surface area contributed by atoms with Crippen LogP contribution in [0.2, 0.25) is 0 Å². The number of amides is 1. The number of piperazine rings is 1. The molecule has 1 fully saturated rings. The second kappa shape index (κ2) is 8.33. The zero-order valence-electron chi connectivity index (χ0n) is 15.1. The molecule has 6 nitrogen and oxygen atoms in total. The summed E-state index contributed by atoms with van der Waals surface area (Å²) in [5.74, 6) is 0.537. The van der Waals surface area contributed by atoms with Gasteiger partial charge in [-0.2, -0.15) is 0 Å². The summed E-state index contributed by atoms with van der Waals surface area (Å²) >= 11 is 0. The third-order valence-corrected chi connectivity index (χ3v) is 4.46. The number of carbonyl (C=O) groups is 2. The van der Waals surface area contributed by atoms with Crippen molar-refractivity contribution in [1.82, 2.24) is 9.80 Å². The normalized spacial score (nSPS) is 22.0. The van der Waals surface area contributed by atoms with Gasteiger partial charge in [-0.05, 0) is 24.6 Å². The van der Waals surface area contributed by atoms with Gasteiger partial charge in [0, 0.05) is 32.6 Å². The van der Waals surface area contributed by atoms with Crippen LogP contribution in [-0.2, 0) is 14.3 Å². The van der Waals surface area contributed by atoms with Crippen LogP contribution in [0, 0.1) is 11.8 Å². The summed E-state index contributed by atoms with van der Waals surface area (Å²) in [6.45, 7) is 9.12. The first kappa shape index (κ1) is 18.5. The van der Waals surface area contributed by atoms with Gasteiger partial charge in [-0.25, -0.2) is 4.79 Å². The van der Waals surface area contributed by atoms with Gasteiger partial charge in [0.05, 0.1) is 5.92 Å². The van der Waals surface area contributed by atoms with E-state index in [0.29, 0.717) is 31.9 Å². The molecular weight excluding hydrogens is 308 g/mol. The fraction of sp³-hybridized carbons (Fsp3) is 0.667. The minimum atomic E-state index is -0.273. The Morgan fingerprint density at radius 2 is 1.88 bits per heavy atom. The van der Waals surface area contributed by atoms with Crippen LogP contribution < -0.4 is 0 Å². The van der Waals surface area contributed by atoms with Gasteiger partial charge in [-0.1, -0.05) is 26.8 Å². The summed E-state index contributed by atoms with van der Waals surface area (Å²) in [7, 11) is 2.05. The molecule has 1 amide bonds. The number of esters is 1. The molecule has 0 radical (unpaired) electrons. The van der Waals surface area contributed by atoms with E-state index in [1.54, 1.807) is 4.90 Å². The van der Waals surface area contributed by atoms with Crippen LogP contribution in [0.1, 0.15) is 27.2 Å². The summed E-state index contributed by atoms with van der Waals surface area (Å²) < 4.78 is 10.8. The molecular formula is C18H28N2O4. The fourth-order valence-corrected chi connectivity index (χ4v) is 2.62. The maximum Gasteiger partial charge on any atom is 0.414 e. The van der Waals surface area contributed by atoms with E-state index in [1.807, 2.05) is 40.0 Å². The largest absolute Gasteiger partial charge is 0.461 e. The average molecular weight is 336 g/mol. The lowest BCUT2D eigenvalue weighted by Crippen LogP contribution is -2.47. The Kier molecular flexibility index (Phi) is 6.43. The molecule has 1 heterocycles. The van der Waals surface area contributed by atoms with E-state index in [2.05, 4.69) is 4.90 Å². The summed E-state index contributed by atoms with van der Waals surface area (Å²) in [6, 6.07) is 0. The van der Waals surface area contributed by atoms with Gasteiger partial charge in [0.25, 0.3) is 0 Å². The van der Waals surface area contributed by atoms with Gasteiger partial charge in [0.1, 0.15) is 12.4 Å². The van der Waals surface area contributed by atoms with Gasteiger partial charge >= 0.3 is 12.1 Å². The topological polar surface area (TPSA) is 59.1 Å². The lowest BCUT2D eigenvalue weighted by Gasteiger charge is -2.32. The molecule has 1 atom stereocenters. The van der Waals surface area contributed by atoms with Crippen LogP contribution in [0.25, 0.3) is 0 Å². The smallest absolute Gasteiger partial charge is 0.414 e. The summed E-state index contributed by atoms with van der Waals surface area (Å²) in [4.78, 5) is 27.7. The Morgan fingerprint density at radius 3 is 2.46 bits per heavy atom. The van der Waals surface area contributed by atoms with E-state index >= 15 is 0 Å². The molecule has 0 aromatic heterocycles. The molecule has 1 aliphatic heterocycles. The number of ether oxygens (including phenoxy) is 2. The molecule has 2 rings (SSSR count). The standard InChI is InChI=1S/C18H28N2O4/c1-13(2)17(21)23-12-15-5-6-16(11-14(15)3)24-18(22)20-9-7-19(4)8-10-20/h5-6,13-14H,7-12H2,1-4H3. The van der Waals surface area contributed by atoms with Gasteiger partial charge in [0.2, 0.25) is 0 Å². The zero-order chi connectivity index (χ0) is 17.7. The number of rotatable bonds is 4. The molecule has 0 aromatic rings. The van der Waals surface area contributed by atoms with E-state index in [9.17, 15) is 9.59 Å². The second-order valence-corrected chi connectivity index (χ2v) is 6.90. The molecule has 2 aliphatic rings. The van der Waals surface area contributed by atoms with Crippen LogP contribution in [0.3, 0.4) is 0 Å². The third kappa shape index (κ3) is 5.09. The first-order valence-corrected chi connectivity index (χ1v) is 8.58. The Bertz CT molecular complexity index is 531. The van der Waals surface area contributed by atoms with E-state index in [-0.39, 0.29) is 23.9 Å². The lowest BCUT2D eigenvalue weighted by molar-refractivity contribution is -0.146. The molecule has 134 valence electrons. The van der Waals surface area contributed by atoms with E-state index in [1.165, 1.54) is 0 Å². The molecule has 6 heteroatoms. The van der Waals surface area contributed by atoms with E-state index in [4.69, 9.17) is 9.47 Å². The van der Waals surface area contributed by atoms with Crippen LogP contribution >= 0.6 is 0 Å². The summed E-state index contributed by atoms with van der Waals surface area (Å²) in [5.41, 5.74) is 1.04. The maximum absolute atomic E-state index is 12.2. The van der Waals surface area contributed by atoms with Crippen LogP contribution in [-0.4, -0.2) is 61.7 Å². The SMILES string of the molecule is CC(C)C(=O)OCC1=CC=C(OC(=O)N2CCN(C)CC2)CC1C. The van der Waals surface area contributed by atoms with Crippen molar-refractivity contribution in [3.8, 4) is 0 Å². The van der Waals surface area contributed by atoms with E-state index in [0.717, 1.165) is 18.7 Å². The first-order valence-electron chi connectivity index (χ1n) is 8.58. The predicted molar refractivity (Wildman–Crippen MR) is 91.3 cm³/mol. The van der Waals surface area contributed by atoms with Crippen molar-refractivity contribution in [3.05, 3.63) is 23.5 Å². The highest BCUT2D eigenvalue weighted by Gasteiger charge is 2.24. The maximum atomic E-state index is 12.2. The molecule has 0 aromatic carbocycles. The monoisotopic (exact) mass is 336 g/mol. The molecule has 1 unspecified atom stereocenters. The van der Waals surface area contributed by atoms with Crippen molar-refractivity contribution >= 4 is 12.1 Å². The Balaban J connectivity index is 1.86. The van der Waals surface area contributed by atoms with E-state index < -0.39 is 0 Å². The highest BCUT2D eigenvalue weighted by Crippen LogP contribution is 2.26. The van der Waals surface area contributed by atoms with Crippen molar-refractivity contribution in [2.75, 3.05) is 39.8 Å². The Labute approximate surface area is 144 Å². The summed E-state index contributed by atoms with van der Waals surface area (Å²) in [6.07, 6.45) is 4.08. The zero-order valence-corrected chi connectivity index (χ0v) is 15.1. The van der Waals surface area contributed by atoms with Crippen LogP contribution in [0.5, 0.6) is 0 Å². The molecule has 1 aliphatic carbocycles. The highest BCUT2D eigenvalue weighted by atomic mass is 16.6. The third-order valence-electron chi connectivity index (χ3n) is 4.46. The van der Waals surface area contributed by atoms with Crippen LogP contribution in [0.15, 0.2) is 23.5 Å². The fourth-order valence-electron chi connectivity index (χ4n) is 2.62. The lowest BCUT2D eigenvalue weighted by atomic mass is 9.93. The van der Waals surface area contributed by atoms with Crippen molar-refractivity contribution in [2.45, 2.75) is 27.2 Å². The second-order valence-electron chi connectivity index (χ2n) is 6.90. The molecule has 24 heavy (non-hydrogen) atoms.